The highest BCUT2D eigenvalue weighted by molar-refractivity contribution is 4.75. The van der Waals surface area contributed by atoms with Crippen LogP contribution >= 0.6 is 0 Å². The van der Waals surface area contributed by atoms with Crippen LogP contribution < -0.4 is 5.32 Å². The quantitative estimate of drug-likeness (QED) is 0.623. The predicted molar refractivity (Wildman–Crippen MR) is 42.1 cm³/mol. The molecule has 0 aliphatic carbocycles. The summed E-state index contributed by atoms with van der Waals surface area (Å²) in [4.78, 5) is 0. The van der Waals surface area contributed by atoms with Gasteiger partial charge in [0.2, 0.25) is 0 Å². The molecular formula is C8H17NO. The molecule has 0 saturated carbocycles. The monoisotopic (exact) mass is 143 g/mol. The van der Waals surface area contributed by atoms with Gasteiger partial charge in [-0.2, -0.15) is 0 Å². The van der Waals surface area contributed by atoms with Crippen LogP contribution in [0.1, 0.15) is 19.8 Å². The van der Waals surface area contributed by atoms with Gasteiger partial charge in [-0.05, 0) is 25.3 Å². The minimum absolute atomic E-state index is 0.605. The van der Waals surface area contributed by atoms with Crippen molar-refractivity contribution >= 4 is 0 Å². The topological polar surface area (TPSA) is 21.3 Å². The Kier molecular flexibility index (Phi) is 3.16. The van der Waals surface area contributed by atoms with E-state index >= 15 is 0 Å². The van der Waals surface area contributed by atoms with E-state index in [1.807, 2.05) is 0 Å². The van der Waals surface area contributed by atoms with Gasteiger partial charge in [-0.3, -0.25) is 0 Å². The number of hydrogen-bond acceptors (Lipinski definition) is 2. The van der Waals surface area contributed by atoms with E-state index in [0.29, 0.717) is 6.04 Å². The van der Waals surface area contributed by atoms with Gasteiger partial charge in [0.15, 0.2) is 0 Å². The summed E-state index contributed by atoms with van der Waals surface area (Å²) in [5, 5.41) is 3.43. The Morgan fingerprint density at radius 3 is 3.00 bits per heavy atom. The zero-order valence-corrected chi connectivity index (χ0v) is 6.89. The van der Waals surface area contributed by atoms with Crippen molar-refractivity contribution in [1.29, 1.82) is 0 Å². The molecule has 2 heteroatoms. The third-order valence-electron chi connectivity index (χ3n) is 2.12. The van der Waals surface area contributed by atoms with E-state index in [1.165, 1.54) is 12.8 Å². The second-order valence-corrected chi connectivity index (χ2v) is 3.24. The van der Waals surface area contributed by atoms with Crippen LogP contribution in [0.4, 0.5) is 0 Å². The van der Waals surface area contributed by atoms with Crippen molar-refractivity contribution in [2.24, 2.45) is 5.92 Å². The zero-order valence-electron chi connectivity index (χ0n) is 6.89. The smallest absolute Gasteiger partial charge is 0.0615 e. The highest BCUT2D eigenvalue weighted by atomic mass is 16.5. The van der Waals surface area contributed by atoms with Crippen molar-refractivity contribution in [3.8, 4) is 0 Å². The molecule has 1 aliphatic heterocycles. The van der Waals surface area contributed by atoms with E-state index in [-0.39, 0.29) is 0 Å². The zero-order chi connectivity index (χ0) is 7.40. The maximum Gasteiger partial charge on any atom is 0.0615 e. The lowest BCUT2D eigenvalue weighted by Gasteiger charge is -2.27. The Hall–Kier alpha value is -0.0800. The molecule has 1 unspecified atom stereocenters. The highest BCUT2D eigenvalue weighted by Crippen LogP contribution is 2.14. The van der Waals surface area contributed by atoms with Crippen LogP contribution in [0.3, 0.4) is 0 Å². The first-order chi connectivity index (χ1) is 4.83. The molecule has 1 fully saturated rings. The van der Waals surface area contributed by atoms with Crippen LogP contribution in [0.15, 0.2) is 0 Å². The van der Waals surface area contributed by atoms with Crippen molar-refractivity contribution in [3.63, 3.8) is 0 Å². The Labute approximate surface area is 63.0 Å². The second-order valence-electron chi connectivity index (χ2n) is 3.24. The van der Waals surface area contributed by atoms with E-state index in [2.05, 4.69) is 12.2 Å². The van der Waals surface area contributed by atoms with Gasteiger partial charge in [0.25, 0.3) is 0 Å². The number of ether oxygens (including phenoxy) is 1. The number of methoxy groups -OCH3 is 1. The average molecular weight is 143 g/mol. The van der Waals surface area contributed by atoms with Gasteiger partial charge in [-0.25, -0.2) is 0 Å². The lowest BCUT2D eigenvalue weighted by atomic mass is 9.95. The summed E-state index contributed by atoms with van der Waals surface area (Å²) < 4.78 is 5.07. The van der Waals surface area contributed by atoms with Gasteiger partial charge < -0.3 is 10.1 Å². The molecule has 0 radical (unpaired) electrons. The number of hydrogen-bond donors (Lipinski definition) is 1. The van der Waals surface area contributed by atoms with Gasteiger partial charge in [-0.1, -0.05) is 6.92 Å². The minimum Gasteiger partial charge on any atom is -0.383 e. The molecular weight excluding hydrogens is 126 g/mol. The second kappa shape index (κ2) is 3.94. The standard InChI is InChI=1S/C8H17NO/c1-7-3-4-9-8(5-7)6-10-2/h7-9H,3-6H2,1-2H3/t7?,8-/m0/s1. The van der Waals surface area contributed by atoms with Gasteiger partial charge in [0.1, 0.15) is 0 Å². The fourth-order valence-corrected chi connectivity index (χ4v) is 1.55. The molecule has 0 aromatic rings. The Bertz CT molecular complexity index is 93.3. The van der Waals surface area contributed by atoms with E-state index in [1.54, 1.807) is 7.11 Å². The molecule has 0 spiro atoms. The van der Waals surface area contributed by atoms with Crippen molar-refractivity contribution < 1.29 is 4.74 Å². The number of piperidine rings is 1. The summed E-state index contributed by atoms with van der Waals surface area (Å²) >= 11 is 0. The maximum absolute atomic E-state index is 5.07. The van der Waals surface area contributed by atoms with Crippen LogP contribution in [-0.2, 0) is 4.74 Å². The fraction of sp³-hybridized carbons (Fsp3) is 1.00. The molecule has 0 aromatic heterocycles. The summed E-state index contributed by atoms with van der Waals surface area (Å²) in [6.07, 6.45) is 2.59. The third kappa shape index (κ3) is 2.27. The SMILES string of the molecule is COC[C@@H]1CC(C)CCN1. The van der Waals surface area contributed by atoms with Gasteiger partial charge in [0.05, 0.1) is 6.61 Å². The van der Waals surface area contributed by atoms with Gasteiger partial charge in [-0.15, -0.1) is 0 Å². The largest absolute Gasteiger partial charge is 0.383 e. The summed E-state index contributed by atoms with van der Waals surface area (Å²) in [5.41, 5.74) is 0. The average Bonchev–Trinajstić information content (AvgIpc) is 1.88. The van der Waals surface area contributed by atoms with E-state index < -0.39 is 0 Å². The van der Waals surface area contributed by atoms with Crippen molar-refractivity contribution in [2.45, 2.75) is 25.8 Å². The third-order valence-corrected chi connectivity index (χ3v) is 2.12. The van der Waals surface area contributed by atoms with Gasteiger partial charge >= 0.3 is 0 Å². The predicted octanol–water partition coefficient (Wildman–Crippen LogP) is 1.02. The number of nitrogens with one attached hydrogen (secondary N) is 1. The summed E-state index contributed by atoms with van der Waals surface area (Å²) in [7, 11) is 1.76. The fourth-order valence-electron chi connectivity index (χ4n) is 1.55. The van der Waals surface area contributed by atoms with Crippen LogP contribution in [0.25, 0.3) is 0 Å². The molecule has 1 heterocycles. The van der Waals surface area contributed by atoms with Crippen molar-refractivity contribution in [3.05, 3.63) is 0 Å². The van der Waals surface area contributed by atoms with Gasteiger partial charge in [0, 0.05) is 13.2 Å². The molecule has 1 aliphatic rings. The lowest BCUT2D eigenvalue weighted by molar-refractivity contribution is 0.142. The van der Waals surface area contributed by atoms with Crippen molar-refractivity contribution in [2.75, 3.05) is 20.3 Å². The molecule has 60 valence electrons. The van der Waals surface area contributed by atoms with Crippen LogP contribution in [0, 0.1) is 5.92 Å². The van der Waals surface area contributed by atoms with Crippen molar-refractivity contribution in [1.82, 2.24) is 5.32 Å². The first-order valence-electron chi connectivity index (χ1n) is 4.05. The molecule has 1 rings (SSSR count). The molecule has 1 N–H and O–H groups in total. The van der Waals surface area contributed by atoms with Crippen LogP contribution in [0.2, 0.25) is 0 Å². The maximum atomic E-state index is 5.07. The van der Waals surface area contributed by atoms with E-state index in [9.17, 15) is 0 Å². The molecule has 0 bridgehead atoms. The lowest BCUT2D eigenvalue weighted by Crippen LogP contribution is -2.40. The molecule has 10 heavy (non-hydrogen) atoms. The van der Waals surface area contributed by atoms with E-state index in [0.717, 1.165) is 19.1 Å². The number of rotatable bonds is 2. The summed E-state index contributed by atoms with van der Waals surface area (Å²) in [5.74, 6) is 0.876. The Morgan fingerprint density at radius 1 is 1.60 bits per heavy atom. The molecule has 2 nitrogen and oxygen atoms in total. The minimum atomic E-state index is 0.605. The molecule has 1 saturated heterocycles. The Morgan fingerprint density at radius 2 is 2.40 bits per heavy atom. The van der Waals surface area contributed by atoms with Crippen LogP contribution in [0.5, 0.6) is 0 Å². The molecule has 0 amide bonds. The highest BCUT2D eigenvalue weighted by Gasteiger charge is 2.16. The summed E-state index contributed by atoms with van der Waals surface area (Å²) in [6.45, 7) is 4.34. The van der Waals surface area contributed by atoms with E-state index in [4.69, 9.17) is 4.74 Å². The molecule has 2 atom stereocenters. The Balaban J connectivity index is 2.18. The summed E-state index contributed by atoms with van der Waals surface area (Å²) in [6, 6.07) is 0.605. The normalized spacial score (nSPS) is 34.2. The first kappa shape index (κ1) is 8.02. The van der Waals surface area contributed by atoms with Crippen LogP contribution in [-0.4, -0.2) is 26.3 Å². The molecule has 0 aromatic carbocycles. The first-order valence-corrected chi connectivity index (χ1v) is 4.05.